The summed E-state index contributed by atoms with van der Waals surface area (Å²) in [6, 6.07) is 3.95. The monoisotopic (exact) mass is 314 g/mol. The van der Waals surface area contributed by atoms with E-state index >= 15 is 0 Å². The summed E-state index contributed by atoms with van der Waals surface area (Å²) < 4.78 is 5.44. The Morgan fingerprint density at radius 1 is 1.35 bits per heavy atom. The van der Waals surface area contributed by atoms with Crippen LogP contribution in [-0.2, 0) is 6.54 Å². The molecule has 1 fully saturated rings. The molecule has 0 bridgehead atoms. The van der Waals surface area contributed by atoms with Crippen LogP contribution in [0.2, 0.25) is 0 Å². The molecule has 0 N–H and O–H groups in total. The lowest BCUT2D eigenvalue weighted by Gasteiger charge is -2.36. The third kappa shape index (κ3) is 3.76. The van der Waals surface area contributed by atoms with Crippen molar-refractivity contribution >= 4 is 5.91 Å². The summed E-state index contributed by atoms with van der Waals surface area (Å²) in [5.41, 5.74) is 1.19. The van der Waals surface area contributed by atoms with Gasteiger partial charge in [0.1, 0.15) is 11.5 Å². The minimum Gasteiger partial charge on any atom is -0.467 e. The summed E-state index contributed by atoms with van der Waals surface area (Å²) in [5.74, 6) is 0.709. The number of carbonyl (C=O) groups is 1. The first-order chi connectivity index (χ1) is 11.1. The van der Waals surface area contributed by atoms with Crippen LogP contribution in [0, 0.1) is 6.92 Å². The number of hydrogen-bond acceptors (Lipinski definition) is 5. The van der Waals surface area contributed by atoms with Crippen LogP contribution < -0.4 is 0 Å². The fourth-order valence-corrected chi connectivity index (χ4v) is 2.89. The number of aromatic nitrogens is 2. The van der Waals surface area contributed by atoms with Gasteiger partial charge in [0.15, 0.2) is 0 Å². The van der Waals surface area contributed by atoms with E-state index in [1.807, 2.05) is 24.0 Å². The summed E-state index contributed by atoms with van der Waals surface area (Å²) in [6.45, 7) is 4.31. The van der Waals surface area contributed by atoms with Gasteiger partial charge in [-0.1, -0.05) is 0 Å². The smallest absolute Gasteiger partial charge is 0.274 e. The average Bonchev–Trinajstić information content (AvgIpc) is 3.07. The van der Waals surface area contributed by atoms with Crippen molar-refractivity contribution in [3.63, 3.8) is 0 Å². The van der Waals surface area contributed by atoms with Gasteiger partial charge in [0.2, 0.25) is 0 Å². The van der Waals surface area contributed by atoms with Gasteiger partial charge >= 0.3 is 0 Å². The Morgan fingerprint density at radius 3 is 2.74 bits per heavy atom. The number of likely N-dealkylation sites (tertiary alicyclic amines) is 1. The van der Waals surface area contributed by atoms with Gasteiger partial charge in [0.25, 0.3) is 5.91 Å². The zero-order chi connectivity index (χ0) is 16.2. The first kappa shape index (κ1) is 15.7. The van der Waals surface area contributed by atoms with Crippen molar-refractivity contribution in [2.45, 2.75) is 32.4 Å². The summed E-state index contributed by atoms with van der Waals surface area (Å²) >= 11 is 0. The number of nitrogens with zero attached hydrogens (tertiary/aromatic N) is 4. The number of carbonyl (C=O) groups excluding carboxylic acids is 1. The summed E-state index contributed by atoms with van der Waals surface area (Å²) in [6.07, 6.45) is 6.75. The maximum atomic E-state index is 12.9. The molecule has 2 aromatic rings. The zero-order valence-electron chi connectivity index (χ0n) is 13.6. The molecule has 3 heterocycles. The van der Waals surface area contributed by atoms with Crippen molar-refractivity contribution in [2.75, 3.05) is 20.1 Å². The molecule has 0 spiro atoms. The lowest BCUT2D eigenvalue weighted by Crippen LogP contribution is -2.46. The predicted molar refractivity (Wildman–Crippen MR) is 85.9 cm³/mol. The summed E-state index contributed by atoms with van der Waals surface area (Å²) in [5, 5.41) is 0. The second-order valence-corrected chi connectivity index (χ2v) is 6.09. The molecule has 0 unspecified atom stereocenters. The number of furan rings is 1. The number of aryl methyl sites for hydroxylation is 1. The first-order valence-electron chi connectivity index (χ1n) is 7.94. The van der Waals surface area contributed by atoms with Crippen LogP contribution in [0.3, 0.4) is 0 Å². The van der Waals surface area contributed by atoms with Gasteiger partial charge in [-0.3, -0.25) is 9.78 Å². The van der Waals surface area contributed by atoms with E-state index in [2.05, 4.69) is 21.9 Å². The maximum Gasteiger partial charge on any atom is 0.274 e. The Balaban J connectivity index is 1.81. The van der Waals surface area contributed by atoms with Crippen molar-refractivity contribution in [2.24, 2.45) is 0 Å². The van der Waals surface area contributed by atoms with E-state index in [0.717, 1.165) is 37.4 Å². The van der Waals surface area contributed by atoms with E-state index in [4.69, 9.17) is 4.42 Å². The molecule has 0 aliphatic carbocycles. The zero-order valence-corrected chi connectivity index (χ0v) is 13.6. The highest BCUT2D eigenvalue weighted by Gasteiger charge is 2.29. The lowest BCUT2D eigenvalue weighted by atomic mass is 10.0. The van der Waals surface area contributed by atoms with Crippen molar-refractivity contribution in [3.05, 3.63) is 47.9 Å². The molecule has 1 amide bonds. The Morgan fingerprint density at radius 2 is 2.13 bits per heavy atom. The third-order valence-electron chi connectivity index (χ3n) is 4.30. The van der Waals surface area contributed by atoms with Crippen LogP contribution in [0.5, 0.6) is 0 Å². The summed E-state index contributed by atoms with van der Waals surface area (Å²) in [4.78, 5) is 25.5. The van der Waals surface area contributed by atoms with E-state index in [0.29, 0.717) is 12.2 Å². The molecule has 2 aromatic heterocycles. The second kappa shape index (κ2) is 6.91. The van der Waals surface area contributed by atoms with Crippen LogP contribution in [0.1, 0.15) is 34.8 Å². The van der Waals surface area contributed by atoms with Gasteiger partial charge in [0, 0.05) is 12.2 Å². The van der Waals surface area contributed by atoms with E-state index in [1.165, 1.54) is 0 Å². The molecule has 6 nitrogen and oxygen atoms in total. The topological polar surface area (TPSA) is 62.5 Å². The molecule has 3 rings (SSSR count). The number of piperidine rings is 1. The Labute approximate surface area is 136 Å². The highest BCUT2D eigenvalue weighted by molar-refractivity contribution is 5.92. The Hall–Kier alpha value is -2.21. The predicted octanol–water partition coefficient (Wildman–Crippen LogP) is 2.11. The van der Waals surface area contributed by atoms with Crippen LogP contribution >= 0.6 is 0 Å². The van der Waals surface area contributed by atoms with Gasteiger partial charge in [-0.25, -0.2) is 4.98 Å². The van der Waals surface area contributed by atoms with Crippen LogP contribution in [0.25, 0.3) is 0 Å². The molecule has 0 radical (unpaired) electrons. The molecule has 1 saturated heterocycles. The minimum atomic E-state index is -0.0801. The normalized spacial score (nSPS) is 16.4. The SMILES string of the molecule is Cc1cnc(C(=O)N(Cc2ccco2)C2CCN(C)CC2)cn1. The standard InChI is InChI=1S/C17H22N4O2/c1-13-10-19-16(11-18-13)17(22)21(12-15-4-3-9-23-15)14-5-7-20(2)8-6-14/h3-4,9-11,14H,5-8,12H2,1-2H3. The van der Waals surface area contributed by atoms with Crippen LogP contribution in [0.4, 0.5) is 0 Å². The van der Waals surface area contributed by atoms with E-state index in [-0.39, 0.29) is 11.9 Å². The molecular weight excluding hydrogens is 292 g/mol. The number of hydrogen-bond donors (Lipinski definition) is 0. The average molecular weight is 314 g/mol. The van der Waals surface area contributed by atoms with Gasteiger partial charge in [-0.2, -0.15) is 0 Å². The van der Waals surface area contributed by atoms with Crippen molar-refractivity contribution in [3.8, 4) is 0 Å². The fraction of sp³-hybridized carbons (Fsp3) is 0.471. The van der Waals surface area contributed by atoms with Crippen molar-refractivity contribution in [1.29, 1.82) is 0 Å². The largest absolute Gasteiger partial charge is 0.467 e. The van der Waals surface area contributed by atoms with Gasteiger partial charge < -0.3 is 14.2 Å². The van der Waals surface area contributed by atoms with Crippen molar-refractivity contribution in [1.82, 2.24) is 19.8 Å². The summed E-state index contributed by atoms with van der Waals surface area (Å²) in [7, 11) is 2.11. The van der Waals surface area contributed by atoms with Gasteiger partial charge in [-0.05, 0) is 52.0 Å². The van der Waals surface area contributed by atoms with Crippen LogP contribution in [-0.4, -0.2) is 51.9 Å². The van der Waals surface area contributed by atoms with Crippen LogP contribution in [0.15, 0.2) is 35.2 Å². The highest BCUT2D eigenvalue weighted by Crippen LogP contribution is 2.20. The van der Waals surface area contributed by atoms with E-state index < -0.39 is 0 Å². The first-order valence-corrected chi connectivity index (χ1v) is 7.94. The quantitative estimate of drug-likeness (QED) is 0.865. The molecule has 0 atom stereocenters. The fourth-order valence-electron chi connectivity index (χ4n) is 2.89. The number of rotatable bonds is 4. The Bertz CT molecular complexity index is 631. The molecule has 1 aliphatic heterocycles. The molecule has 0 aromatic carbocycles. The van der Waals surface area contributed by atoms with Gasteiger partial charge in [0.05, 0.1) is 24.7 Å². The van der Waals surface area contributed by atoms with Gasteiger partial charge in [-0.15, -0.1) is 0 Å². The molecule has 6 heteroatoms. The molecule has 122 valence electrons. The minimum absolute atomic E-state index is 0.0801. The molecule has 23 heavy (non-hydrogen) atoms. The lowest BCUT2D eigenvalue weighted by molar-refractivity contribution is 0.0544. The number of amides is 1. The Kier molecular flexibility index (Phi) is 4.71. The van der Waals surface area contributed by atoms with E-state index in [1.54, 1.807) is 18.7 Å². The molecular formula is C17H22N4O2. The maximum absolute atomic E-state index is 12.9. The molecule has 0 saturated carbocycles. The van der Waals surface area contributed by atoms with Crippen molar-refractivity contribution < 1.29 is 9.21 Å². The highest BCUT2D eigenvalue weighted by atomic mass is 16.3. The van der Waals surface area contributed by atoms with E-state index in [9.17, 15) is 4.79 Å². The second-order valence-electron chi connectivity index (χ2n) is 6.09. The molecule has 1 aliphatic rings. The third-order valence-corrected chi connectivity index (χ3v) is 4.30.